The quantitative estimate of drug-likeness (QED) is 0.716. The minimum Gasteiger partial charge on any atom is -0.461 e. The van der Waals surface area contributed by atoms with E-state index in [-0.39, 0.29) is 11.4 Å². The molecule has 0 unspecified atom stereocenters. The van der Waals surface area contributed by atoms with Gasteiger partial charge in [0.1, 0.15) is 5.82 Å². The van der Waals surface area contributed by atoms with Gasteiger partial charge in [0.15, 0.2) is 5.76 Å². The summed E-state index contributed by atoms with van der Waals surface area (Å²) in [6, 6.07) is 9.68. The molecule has 3 rings (SSSR count). The zero-order valence-corrected chi connectivity index (χ0v) is 13.0. The lowest BCUT2D eigenvalue weighted by atomic mass is 10.3. The fraction of sp³-hybridized carbons (Fsp3) is 0.133. The lowest BCUT2D eigenvalue weighted by molar-refractivity contribution is 0.394. The summed E-state index contributed by atoms with van der Waals surface area (Å²) in [5, 5.41) is 3.83. The predicted molar refractivity (Wildman–Crippen MR) is 79.3 cm³/mol. The van der Waals surface area contributed by atoms with Gasteiger partial charge in [-0.05, 0) is 36.4 Å². The van der Waals surface area contributed by atoms with Crippen molar-refractivity contribution >= 4 is 10.0 Å². The van der Waals surface area contributed by atoms with E-state index in [1.54, 1.807) is 18.2 Å². The molecule has 1 aromatic carbocycles. The van der Waals surface area contributed by atoms with Gasteiger partial charge in [0.05, 0.1) is 23.4 Å². The average molecular weight is 336 g/mol. The lowest BCUT2D eigenvalue weighted by Gasteiger charge is -2.15. The first kappa shape index (κ1) is 15.4. The maximum absolute atomic E-state index is 12.9. The van der Waals surface area contributed by atoms with Crippen LogP contribution in [0.15, 0.2) is 62.6 Å². The molecule has 0 aliphatic heterocycles. The van der Waals surface area contributed by atoms with E-state index in [0.29, 0.717) is 17.2 Å². The van der Waals surface area contributed by atoms with E-state index in [1.807, 2.05) is 0 Å². The average Bonchev–Trinajstić information content (AvgIpc) is 3.18. The van der Waals surface area contributed by atoms with Crippen molar-refractivity contribution in [2.45, 2.75) is 11.4 Å². The van der Waals surface area contributed by atoms with E-state index < -0.39 is 15.8 Å². The summed E-state index contributed by atoms with van der Waals surface area (Å²) in [7, 11) is -2.32. The van der Waals surface area contributed by atoms with E-state index in [1.165, 1.54) is 25.4 Å². The number of furan rings is 1. The molecular formula is C15H13FN2O4S. The van der Waals surface area contributed by atoms with Gasteiger partial charge in [0.25, 0.3) is 0 Å². The highest BCUT2D eigenvalue weighted by atomic mass is 32.2. The van der Waals surface area contributed by atoms with Gasteiger partial charge in [-0.25, -0.2) is 12.8 Å². The second-order valence-electron chi connectivity index (χ2n) is 4.87. The molecule has 0 amide bonds. The number of hydrogen-bond acceptors (Lipinski definition) is 5. The molecule has 0 radical (unpaired) electrons. The topological polar surface area (TPSA) is 76.6 Å². The van der Waals surface area contributed by atoms with Crippen molar-refractivity contribution in [2.24, 2.45) is 0 Å². The van der Waals surface area contributed by atoms with E-state index >= 15 is 0 Å². The Hall–Kier alpha value is -2.45. The smallest absolute Gasteiger partial charge is 0.243 e. The third kappa shape index (κ3) is 3.17. The van der Waals surface area contributed by atoms with E-state index in [2.05, 4.69) is 5.16 Å². The van der Waals surface area contributed by atoms with Gasteiger partial charge in [0, 0.05) is 13.1 Å². The van der Waals surface area contributed by atoms with Crippen LogP contribution in [0.2, 0.25) is 0 Å². The number of nitrogens with zero attached hydrogens (tertiary/aromatic N) is 2. The summed E-state index contributed by atoms with van der Waals surface area (Å²) in [6.07, 6.45) is 1.50. The molecule has 0 spiro atoms. The van der Waals surface area contributed by atoms with Crippen LogP contribution >= 0.6 is 0 Å². The molecule has 120 valence electrons. The van der Waals surface area contributed by atoms with Crippen LogP contribution in [0, 0.1) is 5.82 Å². The van der Waals surface area contributed by atoms with Gasteiger partial charge in [-0.3, -0.25) is 0 Å². The van der Waals surface area contributed by atoms with Crippen molar-refractivity contribution in [2.75, 3.05) is 7.05 Å². The maximum atomic E-state index is 12.9. The minimum atomic E-state index is -3.74. The molecule has 2 aromatic heterocycles. The largest absolute Gasteiger partial charge is 0.461 e. The Morgan fingerprint density at radius 3 is 2.57 bits per heavy atom. The Kier molecular flexibility index (Phi) is 4.01. The normalized spacial score (nSPS) is 12.0. The van der Waals surface area contributed by atoms with Crippen molar-refractivity contribution in [1.82, 2.24) is 9.46 Å². The van der Waals surface area contributed by atoms with Crippen molar-refractivity contribution in [3.8, 4) is 11.5 Å². The fourth-order valence-corrected chi connectivity index (χ4v) is 3.16. The number of hydrogen-bond donors (Lipinski definition) is 0. The highest BCUT2D eigenvalue weighted by molar-refractivity contribution is 7.89. The Morgan fingerprint density at radius 1 is 1.17 bits per heavy atom. The molecule has 0 saturated heterocycles. The molecule has 2 heterocycles. The van der Waals surface area contributed by atoms with Gasteiger partial charge in [-0.15, -0.1) is 0 Å². The van der Waals surface area contributed by atoms with Gasteiger partial charge in [-0.2, -0.15) is 4.31 Å². The molecule has 0 atom stereocenters. The van der Waals surface area contributed by atoms with Crippen LogP contribution in [0.5, 0.6) is 0 Å². The number of benzene rings is 1. The van der Waals surface area contributed by atoms with Gasteiger partial charge >= 0.3 is 0 Å². The van der Waals surface area contributed by atoms with Gasteiger partial charge in [0.2, 0.25) is 15.8 Å². The molecule has 0 bridgehead atoms. The first-order valence-electron chi connectivity index (χ1n) is 6.68. The highest BCUT2D eigenvalue weighted by Crippen LogP contribution is 2.22. The number of sulfonamides is 1. The first-order valence-corrected chi connectivity index (χ1v) is 8.12. The first-order chi connectivity index (χ1) is 11.0. The maximum Gasteiger partial charge on any atom is 0.243 e. The molecule has 0 fully saturated rings. The SMILES string of the molecule is CN(Cc1cc(-c2ccco2)on1)S(=O)(=O)c1ccc(F)cc1. The molecule has 0 aliphatic rings. The van der Waals surface area contributed by atoms with Crippen LogP contribution in [0.3, 0.4) is 0 Å². The molecule has 0 saturated carbocycles. The molecule has 0 aliphatic carbocycles. The third-order valence-electron chi connectivity index (χ3n) is 3.23. The number of aromatic nitrogens is 1. The van der Waals surface area contributed by atoms with Crippen LogP contribution in [-0.4, -0.2) is 24.9 Å². The summed E-state index contributed by atoms with van der Waals surface area (Å²) in [6.45, 7) is 0.0178. The van der Waals surface area contributed by atoms with Gasteiger partial charge < -0.3 is 8.94 Å². The zero-order valence-electron chi connectivity index (χ0n) is 12.1. The van der Waals surface area contributed by atoms with E-state index in [9.17, 15) is 12.8 Å². The Balaban J connectivity index is 1.78. The Labute approximate surface area is 132 Å². The molecule has 0 N–H and O–H groups in total. The summed E-state index contributed by atoms with van der Waals surface area (Å²) >= 11 is 0. The van der Waals surface area contributed by atoms with Crippen molar-refractivity contribution in [3.05, 3.63) is 60.2 Å². The van der Waals surface area contributed by atoms with Crippen LogP contribution in [-0.2, 0) is 16.6 Å². The summed E-state index contributed by atoms with van der Waals surface area (Å²) in [5.74, 6) is 0.427. The highest BCUT2D eigenvalue weighted by Gasteiger charge is 2.22. The third-order valence-corrected chi connectivity index (χ3v) is 5.05. The predicted octanol–water partition coefficient (Wildman–Crippen LogP) is 2.89. The van der Waals surface area contributed by atoms with Crippen LogP contribution in [0.4, 0.5) is 4.39 Å². The lowest BCUT2D eigenvalue weighted by Crippen LogP contribution is -2.26. The Morgan fingerprint density at radius 2 is 1.91 bits per heavy atom. The minimum absolute atomic E-state index is 0.0103. The van der Waals surface area contributed by atoms with Gasteiger partial charge in [-0.1, -0.05) is 5.16 Å². The summed E-state index contributed by atoms with van der Waals surface area (Å²) in [5.41, 5.74) is 0.435. The second-order valence-corrected chi connectivity index (χ2v) is 6.92. The molecular weight excluding hydrogens is 323 g/mol. The molecule has 23 heavy (non-hydrogen) atoms. The fourth-order valence-electron chi connectivity index (χ4n) is 2.02. The molecule has 8 heteroatoms. The van der Waals surface area contributed by atoms with Crippen molar-refractivity contribution in [3.63, 3.8) is 0 Å². The molecule has 3 aromatic rings. The van der Waals surface area contributed by atoms with Crippen LogP contribution in [0.1, 0.15) is 5.69 Å². The molecule has 6 nitrogen and oxygen atoms in total. The van der Waals surface area contributed by atoms with Crippen LogP contribution in [0.25, 0.3) is 11.5 Å². The Bertz CT molecular complexity index is 886. The monoisotopic (exact) mass is 336 g/mol. The van der Waals surface area contributed by atoms with Crippen molar-refractivity contribution < 1.29 is 21.7 Å². The van der Waals surface area contributed by atoms with Crippen molar-refractivity contribution in [1.29, 1.82) is 0 Å². The standard InChI is InChI=1S/C15H13FN2O4S/c1-18(23(19,20)13-6-4-11(16)5-7-13)10-12-9-15(22-17-12)14-3-2-8-21-14/h2-9H,10H2,1H3. The summed E-state index contributed by atoms with van der Waals surface area (Å²) in [4.78, 5) is 0.0103. The number of rotatable bonds is 5. The second kappa shape index (κ2) is 5.98. The van der Waals surface area contributed by atoms with E-state index in [4.69, 9.17) is 8.94 Å². The summed E-state index contributed by atoms with van der Waals surface area (Å²) < 4.78 is 49.2. The van der Waals surface area contributed by atoms with E-state index in [0.717, 1.165) is 16.4 Å². The number of halogens is 1. The zero-order chi connectivity index (χ0) is 16.4. The van der Waals surface area contributed by atoms with Crippen LogP contribution < -0.4 is 0 Å².